The van der Waals surface area contributed by atoms with Crippen LogP contribution in [0.2, 0.25) is 0 Å². The fraction of sp³-hybridized carbons (Fsp3) is 0.364. The Morgan fingerprint density at radius 3 is 1.76 bits per heavy atom. The maximum Gasteiger partial charge on any atom is 0.491 e. The Kier molecular flexibility index (Phi) is 8.27. The van der Waals surface area contributed by atoms with E-state index < -0.39 is 23.0 Å². The Morgan fingerprint density at radius 1 is 0.786 bits per heavy atom. The molecule has 3 aromatic carbocycles. The molecule has 4 rings (SSSR count). The molecule has 0 aliphatic rings. The molecule has 0 saturated carbocycles. The summed E-state index contributed by atoms with van der Waals surface area (Å²) in [5, 5.41) is 0. The lowest BCUT2D eigenvalue weighted by molar-refractivity contribution is -0.189. The number of benzene rings is 3. The Balaban J connectivity index is 1.86. The van der Waals surface area contributed by atoms with E-state index in [9.17, 15) is 22.8 Å². The van der Waals surface area contributed by atoms with Gasteiger partial charge in [-0.2, -0.15) is 13.2 Å². The number of ether oxygens (including phenoxy) is 1. The molecule has 0 amide bonds. The van der Waals surface area contributed by atoms with E-state index in [0.29, 0.717) is 28.9 Å². The summed E-state index contributed by atoms with van der Waals surface area (Å²) in [6.45, 7) is 11.3. The van der Waals surface area contributed by atoms with E-state index in [4.69, 9.17) is 4.74 Å². The third-order valence-electron chi connectivity index (χ3n) is 7.08. The number of carbonyl (C=O) groups is 2. The van der Waals surface area contributed by atoms with Crippen LogP contribution in [0.5, 0.6) is 5.75 Å². The van der Waals surface area contributed by atoms with Crippen LogP contribution in [-0.2, 0) is 28.7 Å². The molecule has 4 aromatic rings. The van der Waals surface area contributed by atoms with Gasteiger partial charge in [-0.05, 0) is 40.7 Å². The molecular weight excluding hydrogens is 543 g/mol. The average molecular weight is 580 g/mol. The molecule has 0 spiro atoms. The number of alkyl halides is 3. The van der Waals surface area contributed by atoms with Crippen molar-refractivity contribution in [2.24, 2.45) is 4.99 Å². The number of imidazole rings is 1. The first-order valence-corrected chi connectivity index (χ1v) is 13.7. The van der Waals surface area contributed by atoms with Crippen molar-refractivity contribution in [3.05, 3.63) is 94.6 Å². The van der Waals surface area contributed by atoms with Crippen LogP contribution in [-0.4, -0.2) is 34.1 Å². The highest BCUT2D eigenvalue weighted by atomic mass is 19.4. The minimum Gasteiger partial charge on any atom is -0.419 e. The summed E-state index contributed by atoms with van der Waals surface area (Å²) < 4.78 is 48.6. The van der Waals surface area contributed by atoms with Gasteiger partial charge in [0.05, 0.1) is 24.1 Å². The monoisotopic (exact) mass is 579 g/mol. The molecule has 9 heteroatoms. The van der Waals surface area contributed by atoms with E-state index in [1.54, 1.807) is 60.7 Å². The van der Waals surface area contributed by atoms with Crippen LogP contribution in [0.25, 0.3) is 11.0 Å². The van der Waals surface area contributed by atoms with Crippen molar-refractivity contribution in [1.29, 1.82) is 0 Å². The van der Waals surface area contributed by atoms with Crippen molar-refractivity contribution in [3.63, 3.8) is 0 Å². The van der Waals surface area contributed by atoms with Crippen molar-refractivity contribution in [2.45, 2.75) is 71.6 Å². The number of halogens is 3. The topological polar surface area (TPSA) is 65.6 Å². The van der Waals surface area contributed by atoms with Crippen molar-refractivity contribution in [2.75, 3.05) is 7.05 Å². The van der Waals surface area contributed by atoms with Crippen LogP contribution < -0.4 is 10.4 Å². The molecule has 0 aliphatic carbocycles. The third-order valence-corrected chi connectivity index (χ3v) is 7.08. The standard InChI is InChI=1S/C33H36F3N3O3/c1-31(2,3)23-17-22(18-24(32(4,5)6)28(23)42-29(41)33(34,35)36)27(40)20-39-26-16-12-11-15-25(26)38(30(39)37-7)19-21-13-9-8-10-14-21/h8-18H,19-20H2,1-7H3. The normalized spacial score (nSPS) is 13.0. The molecule has 0 fully saturated rings. The number of Topliss-reactive ketones (excluding diaryl/α,β-unsaturated/α-hetero) is 1. The summed E-state index contributed by atoms with van der Waals surface area (Å²) in [5.74, 6) is -2.71. The van der Waals surface area contributed by atoms with Gasteiger partial charge in [0, 0.05) is 23.7 Å². The number of ketones is 1. The van der Waals surface area contributed by atoms with E-state index in [0.717, 1.165) is 16.6 Å². The van der Waals surface area contributed by atoms with Crippen LogP contribution in [0, 0.1) is 0 Å². The minimum absolute atomic E-state index is 0.0518. The summed E-state index contributed by atoms with van der Waals surface area (Å²) >= 11 is 0. The number of fused-ring (bicyclic) bond motifs is 1. The number of rotatable bonds is 6. The van der Waals surface area contributed by atoms with E-state index in [2.05, 4.69) is 9.56 Å². The molecule has 6 nitrogen and oxygen atoms in total. The maximum atomic E-state index is 14.0. The smallest absolute Gasteiger partial charge is 0.419 e. The SMILES string of the molecule is CN=c1n(CC(=O)c2cc(C(C)(C)C)c(OC(=O)C(F)(F)F)c(C(C)(C)C)c2)c2ccccc2n1Cc1ccccc1. The van der Waals surface area contributed by atoms with E-state index in [1.165, 1.54) is 0 Å². The number of esters is 1. The van der Waals surface area contributed by atoms with Crippen molar-refractivity contribution in [1.82, 2.24) is 9.13 Å². The molecule has 1 aromatic heterocycles. The first-order valence-electron chi connectivity index (χ1n) is 13.7. The molecular formula is C33H36F3N3O3. The molecule has 0 unspecified atom stereocenters. The molecule has 0 saturated heterocycles. The summed E-state index contributed by atoms with van der Waals surface area (Å²) in [4.78, 5) is 30.5. The summed E-state index contributed by atoms with van der Waals surface area (Å²) in [6, 6.07) is 20.8. The number of aromatic nitrogens is 2. The van der Waals surface area contributed by atoms with Crippen molar-refractivity contribution >= 4 is 22.8 Å². The number of carbonyl (C=O) groups excluding carboxylic acids is 2. The zero-order valence-electron chi connectivity index (χ0n) is 25.0. The van der Waals surface area contributed by atoms with Gasteiger partial charge in [0.1, 0.15) is 5.75 Å². The van der Waals surface area contributed by atoms with E-state index >= 15 is 0 Å². The predicted octanol–water partition coefficient (Wildman–Crippen LogP) is 6.97. The number of hydrogen-bond donors (Lipinski definition) is 0. The largest absolute Gasteiger partial charge is 0.491 e. The first kappa shape index (κ1) is 30.8. The van der Waals surface area contributed by atoms with Gasteiger partial charge in [0.25, 0.3) is 0 Å². The van der Waals surface area contributed by atoms with Gasteiger partial charge in [0.2, 0.25) is 5.62 Å². The van der Waals surface area contributed by atoms with Crippen LogP contribution >= 0.6 is 0 Å². The van der Waals surface area contributed by atoms with Crippen LogP contribution in [0.3, 0.4) is 0 Å². The van der Waals surface area contributed by atoms with Gasteiger partial charge >= 0.3 is 12.1 Å². The average Bonchev–Trinajstić information content (AvgIpc) is 3.19. The molecule has 0 bridgehead atoms. The molecule has 0 N–H and O–H groups in total. The summed E-state index contributed by atoms with van der Waals surface area (Å²) in [6.07, 6.45) is -5.16. The van der Waals surface area contributed by atoms with Crippen LogP contribution in [0.15, 0.2) is 71.7 Å². The predicted molar refractivity (Wildman–Crippen MR) is 157 cm³/mol. The fourth-order valence-electron chi connectivity index (χ4n) is 5.00. The molecule has 0 aliphatic heterocycles. The lowest BCUT2D eigenvalue weighted by atomic mass is 9.78. The Morgan fingerprint density at radius 2 is 1.29 bits per heavy atom. The molecule has 0 radical (unpaired) electrons. The second-order valence-corrected chi connectivity index (χ2v) is 12.4. The highest BCUT2D eigenvalue weighted by molar-refractivity contribution is 5.97. The van der Waals surface area contributed by atoms with Gasteiger partial charge in [-0.25, -0.2) is 4.79 Å². The summed E-state index contributed by atoms with van der Waals surface area (Å²) in [5.41, 5.74) is 2.94. The third kappa shape index (κ3) is 6.35. The summed E-state index contributed by atoms with van der Waals surface area (Å²) in [7, 11) is 1.68. The zero-order chi connectivity index (χ0) is 31.0. The fourth-order valence-corrected chi connectivity index (χ4v) is 5.00. The number of para-hydroxylation sites is 2. The Bertz CT molecular complexity index is 1670. The van der Waals surface area contributed by atoms with Gasteiger partial charge in [-0.1, -0.05) is 84.0 Å². The molecule has 0 atom stereocenters. The van der Waals surface area contributed by atoms with E-state index in [1.807, 2.05) is 59.2 Å². The van der Waals surface area contributed by atoms with Gasteiger partial charge in [-0.3, -0.25) is 9.79 Å². The second-order valence-electron chi connectivity index (χ2n) is 12.4. The highest BCUT2D eigenvalue weighted by Crippen LogP contribution is 2.41. The van der Waals surface area contributed by atoms with Gasteiger partial charge < -0.3 is 13.9 Å². The van der Waals surface area contributed by atoms with Gasteiger partial charge in [-0.15, -0.1) is 0 Å². The number of nitrogens with zero attached hydrogens (tertiary/aromatic N) is 3. The van der Waals surface area contributed by atoms with E-state index in [-0.39, 0.29) is 18.1 Å². The number of hydrogen-bond acceptors (Lipinski definition) is 4. The molecule has 42 heavy (non-hydrogen) atoms. The van der Waals surface area contributed by atoms with Gasteiger partial charge in [0.15, 0.2) is 5.78 Å². The highest BCUT2D eigenvalue weighted by Gasteiger charge is 2.43. The Hall–Kier alpha value is -4.14. The first-order chi connectivity index (χ1) is 19.5. The quantitative estimate of drug-likeness (QED) is 0.141. The van der Waals surface area contributed by atoms with Crippen molar-refractivity contribution < 1.29 is 27.5 Å². The zero-order valence-corrected chi connectivity index (χ0v) is 25.0. The van der Waals surface area contributed by atoms with Crippen molar-refractivity contribution in [3.8, 4) is 5.75 Å². The lowest BCUT2D eigenvalue weighted by Crippen LogP contribution is -2.31. The van der Waals surface area contributed by atoms with Crippen LogP contribution in [0.4, 0.5) is 13.2 Å². The second kappa shape index (κ2) is 11.3. The lowest BCUT2D eigenvalue weighted by Gasteiger charge is -2.30. The Labute approximate surface area is 243 Å². The molecule has 222 valence electrons. The minimum atomic E-state index is -5.16. The van der Waals surface area contributed by atoms with Crippen LogP contribution in [0.1, 0.15) is 68.6 Å². The maximum absolute atomic E-state index is 14.0. The molecule has 1 heterocycles.